The lowest BCUT2D eigenvalue weighted by atomic mass is 10.2. The first kappa shape index (κ1) is 10.0. The van der Waals surface area contributed by atoms with E-state index >= 15 is 0 Å². The van der Waals surface area contributed by atoms with E-state index in [4.69, 9.17) is 0 Å². The van der Waals surface area contributed by atoms with Crippen molar-refractivity contribution in [2.45, 2.75) is 25.7 Å². The molecular weight excluding hydrogens is 156 g/mol. The Balaban J connectivity index is 2.38. The van der Waals surface area contributed by atoms with E-state index in [1.165, 1.54) is 0 Å². The van der Waals surface area contributed by atoms with Gasteiger partial charge in [0.15, 0.2) is 0 Å². The van der Waals surface area contributed by atoms with Crippen LogP contribution in [-0.2, 0) is 0 Å². The van der Waals surface area contributed by atoms with Gasteiger partial charge in [0.2, 0.25) is 0 Å². The molecule has 69 valence electrons. The molecule has 0 heterocycles. The third kappa shape index (κ3) is 6.15. The topological polar surface area (TPSA) is 0 Å². The highest BCUT2D eigenvalue weighted by Gasteiger charge is 1.79. The van der Waals surface area contributed by atoms with Crippen LogP contribution in [0.25, 0.3) is 0 Å². The molecule has 0 aliphatic heterocycles. The molecule has 13 heavy (non-hydrogen) atoms. The fourth-order valence-corrected chi connectivity index (χ4v) is 1.15. The van der Waals surface area contributed by atoms with Crippen molar-refractivity contribution in [1.29, 1.82) is 0 Å². The molecule has 1 aliphatic rings. The van der Waals surface area contributed by atoms with Crippen molar-refractivity contribution in [2.24, 2.45) is 0 Å². The normalized spacial score (nSPS) is 19.1. The molecule has 0 heteroatoms. The van der Waals surface area contributed by atoms with Gasteiger partial charge in [-0.3, -0.25) is 0 Å². The summed E-state index contributed by atoms with van der Waals surface area (Å²) in [6.07, 6.45) is 24.0. The average molecular weight is 173 g/mol. The van der Waals surface area contributed by atoms with Gasteiger partial charge in [0.25, 0.3) is 0 Å². The van der Waals surface area contributed by atoms with Crippen LogP contribution < -0.4 is 0 Å². The summed E-state index contributed by atoms with van der Waals surface area (Å²) >= 11 is 0. The van der Waals surface area contributed by atoms with Crippen LogP contribution >= 0.6 is 0 Å². The lowest BCUT2D eigenvalue weighted by Gasteiger charge is -1.85. The molecule has 0 nitrogen and oxygen atoms in total. The summed E-state index contributed by atoms with van der Waals surface area (Å²) < 4.78 is 0. The highest BCUT2D eigenvalue weighted by atomic mass is 13.9. The second-order valence-electron chi connectivity index (χ2n) is 3.06. The summed E-state index contributed by atoms with van der Waals surface area (Å²) in [6, 6.07) is 0. The van der Waals surface area contributed by atoms with E-state index in [0.717, 1.165) is 25.7 Å². The van der Waals surface area contributed by atoms with Gasteiger partial charge < -0.3 is 0 Å². The van der Waals surface area contributed by atoms with Crippen LogP contribution in [0.1, 0.15) is 25.7 Å². The zero-order valence-electron chi connectivity index (χ0n) is 8.02. The summed E-state index contributed by atoms with van der Waals surface area (Å²) in [5.41, 5.74) is 0. The van der Waals surface area contributed by atoms with E-state index in [-0.39, 0.29) is 0 Å². The summed E-state index contributed by atoms with van der Waals surface area (Å²) in [7, 11) is 0. The minimum absolute atomic E-state index is 1.13. The van der Waals surface area contributed by atoms with Gasteiger partial charge in [0.1, 0.15) is 0 Å². The molecule has 0 unspecified atom stereocenters. The van der Waals surface area contributed by atoms with Gasteiger partial charge in [-0.25, -0.2) is 0 Å². The Morgan fingerprint density at radius 3 is 1.31 bits per heavy atom. The predicted octanol–water partition coefficient (Wildman–Crippen LogP) is 3.99. The highest BCUT2D eigenvalue weighted by Crippen LogP contribution is 1.99. The second kappa shape index (κ2) is 7.60. The summed E-state index contributed by atoms with van der Waals surface area (Å²) in [5.74, 6) is 0. The molecule has 0 N–H and O–H groups in total. The minimum atomic E-state index is 1.13. The van der Waals surface area contributed by atoms with Gasteiger partial charge in [-0.1, -0.05) is 48.6 Å². The van der Waals surface area contributed by atoms with E-state index in [1.54, 1.807) is 0 Å². The summed E-state index contributed by atoms with van der Waals surface area (Å²) in [4.78, 5) is 0. The Hall–Kier alpha value is -1.04. The van der Waals surface area contributed by atoms with Crippen LogP contribution in [0.3, 0.4) is 0 Å². The van der Waals surface area contributed by atoms with Crippen LogP contribution in [-0.4, -0.2) is 0 Å². The van der Waals surface area contributed by atoms with Crippen LogP contribution in [0, 0.1) is 6.42 Å². The molecule has 0 bridgehead atoms. The molecule has 0 fully saturated rings. The van der Waals surface area contributed by atoms with Crippen LogP contribution in [0.5, 0.6) is 0 Å². The molecule has 0 amide bonds. The standard InChI is InChI=1S/C13H17/c1-2-4-6-8-10-12-13-11-9-7-5-3-1/h1-5,10-13H,6-9H2. The fraction of sp³-hybridized carbons (Fsp3) is 0.308. The van der Waals surface area contributed by atoms with Crippen molar-refractivity contribution in [3.8, 4) is 0 Å². The Kier molecular flexibility index (Phi) is 5.87. The molecule has 1 aliphatic carbocycles. The molecule has 1 rings (SSSR count). The Labute approximate surface area is 81.4 Å². The zero-order chi connectivity index (χ0) is 9.19. The third-order valence-corrected chi connectivity index (χ3v) is 1.88. The van der Waals surface area contributed by atoms with Gasteiger partial charge in [-0.15, -0.1) is 0 Å². The SMILES string of the molecule is [CH]1C=CCCC=CC=CCCC=C1. The van der Waals surface area contributed by atoms with Crippen molar-refractivity contribution >= 4 is 0 Å². The van der Waals surface area contributed by atoms with E-state index in [9.17, 15) is 0 Å². The average Bonchev–Trinajstić information content (AvgIpc) is 2.18. The molecule has 0 spiro atoms. The first-order valence-electron chi connectivity index (χ1n) is 4.97. The molecular formula is C13H17. The Bertz CT molecular complexity index is 192. The quantitative estimate of drug-likeness (QED) is 0.519. The predicted molar refractivity (Wildman–Crippen MR) is 59.3 cm³/mol. The molecule has 0 aromatic rings. The largest absolute Gasteiger partial charge is 0.0876 e. The molecule has 1 radical (unpaired) electrons. The van der Waals surface area contributed by atoms with Crippen molar-refractivity contribution in [1.82, 2.24) is 0 Å². The van der Waals surface area contributed by atoms with Crippen LogP contribution in [0.15, 0.2) is 48.6 Å². The third-order valence-electron chi connectivity index (χ3n) is 1.88. The monoisotopic (exact) mass is 173 g/mol. The lowest BCUT2D eigenvalue weighted by molar-refractivity contribution is 1.05. The maximum Gasteiger partial charge on any atom is 0.00441 e. The maximum absolute atomic E-state index is 2.21. The molecule has 0 atom stereocenters. The van der Waals surface area contributed by atoms with E-state index in [1.807, 2.05) is 0 Å². The van der Waals surface area contributed by atoms with Crippen LogP contribution in [0.2, 0.25) is 0 Å². The van der Waals surface area contributed by atoms with Gasteiger partial charge in [-0.2, -0.15) is 0 Å². The highest BCUT2D eigenvalue weighted by molar-refractivity contribution is 5.10. The minimum Gasteiger partial charge on any atom is -0.0876 e. The first-order chi connectivity index (χ1) is 6.50. The molecule has 0 aromatic heterocycles. The molecule has 0 aromatic carbocycles. The summed E-state index contributed by atoms with van der Waals surface area (Å²) in [6.45, 7) is 0. The zero-order valence-corrected chi connectivity index (χ0v) is 8.02. The van der Waals surface area contributed by atoms with E-state index in [2.05, 4.69) is 55.0 Å². The lowest BCUT2D eigenvalue weighted by Crippen LogP contribution is -1.65. The Morgan fingerprint density at radius 1 is 0.462 bits per heavy atom. The Morgan fingerprint density at radius 2 is 0.846 bits per heavy atom. The molecule has 0 saturated carbocycles. The first-order valence-corrected chi connectivity index (χ1v) is 4.97. The maximum atomic E-state index is 2.21. The number of allylic oxidation sites excluding steroid dienone is 8. The van der Waals surface area contributed by atoms with E-state index < -0.39 is 0 Å². The van der Waals surface area contributed by atoms with Gasteiger partial charge in [-0.05, 0) is 25.7 Å². The van der Waals surface area contributed by atoms with Gasteiger partial charge in [0, 0.05) is 6.42 Å². The number of hydrogen-bond acceptors (Lipinski definition) is 0. The van der Waals surface area contributed by atoms with Gasteiger partial charge >= 0.3 is 0 Å². The smallest absolute Gasteiger partial charge is 0.00441 e. The van der Waals surface area contributed by atoms with E-state index in [0.29, 0.717) is 0 Å². The van der Waals surface area contributed by atoms with Crippen molar-refractivity contribution < 1.29 is 0 Å². The fourth-order valence-electron chi connectivity index (χ4n) is 1.15. The molecule has 0 saturated heterocycles. The number of hydrogen-bond donors (Lipinski definition) is 0. The van der Waals surface area contributed by atoms with Crippen molar-refractivity contribution in [2.75, 3.05) is 0 Å². The van der Waals surface area contributed by atoms with Gasteiger partial charge in [0.05, 0.1) is 0 Å². The second-order valence-corrected chi connectivity index (χ2v) is 3.06. The van der Waals surface area contributed by atoms with Crippen molar-refractivity contribution in [3.63, 3.8) is 0 Å². The number of rotatable bonds is 0. The van der Waals surface area contributed by atoms with Crippen molar-refractivity contribution in [3.05, 3.63) is 55.0 Å². The summed E-state index contributed by atoms with van der Waals surface area (Å²) in [5, 5.41) is 0. The van der Waals surface area contributed by atoms with Crippen LogP contribution in [0.4, 0.5) is 0 Å².